The van der Waals surface area contributed by atoms with Gasteiger partial charge in [0.1, 0.15) is 5.82 Å². The first-order valence-electron chi connectivity index (χ1n) is 8.10. The number of benzene rings is 1. The molecule has 0 fully saturated rings. The zero-order chi connectivity index (χ0) is 16.7. The third-order valence-electron chi connectivity index (χ3n) is 4.50. The van der Waals surface area contributed by atoms with Crippen LogP contribution in [0.4, 0.5) is 0 Å². The number of hydrogen-bond acceptors (Lipinski definition) is 3. The summed E-state index contributed by atoms with van der Waals surface area (Å²) in [5.41, 5.74) is 5.06. The number of carbonyl (C=O) groups excluding carboxylic acids is 1. The number of fused-ring (bicyclic) bond motifs is 1. The van der Waals surface area contributed by atoms with Crippen LogP contribution in [0.2, 0.25) is 0 Å². The molecule has 3 heterocycles. The topological polar surface area (TPSA) is 49.0 Å². The van der Waals surface area contributed by atoms with E-state index >= 15 is 0 Å². The summed E-state index contributed by atoms with van der Waals surface area (Å²) in [7, 11) is 0. The quantitative estimate of drug-likeness (QED) is 0.769. The fraction of sp³-hybridized carbons (Fsp3) is 0.263. The van der Waals surface area contributed by atoms with Gasteiger partial charge in [0.05, 0.1) is 5.69 Å². The maximum atomic E-state index is 12.8. The second-order valence-electron chi connectivity index (χ2n) is 6.22. The lowest BCUT2D eigenvalue weighted by Gasteiger charge is -2.27. The zero-order valence-corrected chi connectivity index (χ0v) is 14.6. The molecule has 0 radical (unpaired) electrons. The molecule has 4 nitrogen and oxygen atoms in total. The Labute approximate surface area is 145 Å². The number of thiophene rings is 1. The van der Waals surface area contributed by atoms with Crippen molar-refractivity contribution in [3.8, 4) is 11.3 Å². The third-order valence-corrected chi connectivity index (χ3v) is 5.53. The van der Waals surface area contributed by atoms with Crippen LogP contribution in [0, 0.1) is 13.8 Å². The fourth-order valence-electron chi connectivity index (χ4n) is 3.27. The van der Waals surface area contributed by atoms with Crippen LogP contribution in [0.3, 0.4) is 0 Å². The molecule has 0 saturated heterocycles. The maximum absolute atomic E-state index is 12.8. The second-order valence-corrected chi connectivity index (χ2v) is 7.22. The number of aryl methyl sites for hydroxylation is 2. The van der Waals surface area contributed by atoms with Crippen molar-refractivity contribution in [2.24, 2.45) is 0 Å². The van der Waals surface area contributed by atoms with Crippen LogP contribution in [-0.4, -0.2) is 27.3 Å². The van der Waals surface area contributed by atoms with Crippen LogP contribution >= 0.6 is 11.3 Å². The number of H-pyrrole nitrogens is 1. The van der Waals surface area contributed by atoms with Crippen molar-refractivity contribution in [3.63, 3.8) is 0 Å². The number of aromatic nitrogens is 2. The van der Waals surface area contributed by atoms with Gasteiger partial charge in [-0.15, -0.1) is 11.3 Å². The van der Waals surface area contributed by atoms with Crippen LogP contribution in [0.5, 0.6) is 0 Å². The van der Waals surface area contributed by atoms with Gasteiger partial charge in [0.15, 0.2) is 0 Å². The van der Waals surface area contributed by atoms with E-state index in [2.05, 4.69) is 21.4 Å². The Bertz CT molecular complexity index is 892. The number of amides is 1. The van der Waals surface area contributed by atoms with E-state index in [1.807, 2.05) is 43.0 Å². The highest BCUT2D eigenvalue weighted by Gasteiger charge is 2.22. The second kappa shape index (κ2) is 5.91. The summed E-state index contributed by atoms with van der Waals surface area (Å²) in [6.45, 7) is 5.48. The van der Waals surface area contributed by atoms with Gasteiger partial charge in [-0.1, -0.05) is 12.1 Å². The molecule has 122 valence electrons. The molecule has 2 aromatic heterocycles. The van der Waals surface area contributed by atoms with Crippen molar-refractivity contribution < 1.29 is 4.79 Å². The fourth-order valence-corrected chi connectivity index (χ4v) is 4.16. The first-order chi connectivity index (χ1) is 11.6. The molecule has 1 aliphatic rings. The van der Waals surface area contributed by atoms with E-state index in [9.17, 15) is 4.79 Å². The van der Waals surface area contributed by atoms with Gasteiger partial charge < -0.3 is 9.88 Å². The van der Waals surface area contributed by atoms with Gasteiger partial charge in [0.25, 0.3) is 5.91 Å². The summed E-state index contributed by atoms with van der Waals surface area (Å²) in [6, 6.07) is 9.91. The molecule has 1 aromatic carbocycles. The van der Waals surface area contributed by atoms with Crippen molar-refractivity contribution in [2.75, 3.05) is 6.54 Å². The molecule has 0 spiro atoms. The highest BCUT2D eigenvalue weighted by molar-refractivity contribution is 7.10. The first kappa shape index (κ1) is 15.1. The summed E-state index contributed by atoms with van der Waals surface area (Å²) >= 11 is 1.79. The molecular formula is C19H19N3OS. The molecule has 0 atom stereocenters. The molecular weight excluding hydrogens is 318 g/mol. The smallest absolute Gasteiger partial charge is 0.254 e. The van der Waals surface area contributed by atoms with Gasteiger partial charge in [0.2, 0.25) is 0 Å². The molecule has 5 heteroatoms. The Hall–Kier alpha value is -2.40. The lowest BCUT2D eigenvalue weighted by molar-refractivity contribution is 0.0736. The number of aromatic amines is 1. The van der Waals surface area contributed by atoms with Gasteiger partial charge in [-0.3, -0.25) is 4.79 Å². The monoisotopic (exact) mass is 337 g/mol. The number of carbonyl (C=O) groups is 1. The number of nitrogens with one attached hydrogen (secondary N) is 1. The lowest BCUT2D eigenvalue weighted by Crippen LogP contribution is -2.35. The summed E-state index contributed by atoms with van der Waals surface area (Å²) in [5.74, 6) is 1.01. The summed E-state index contributed by atoms with van der Waals surface area (Å²) < 4.78 is 0. The minimum Gasteiger partial charge on any atom is -0.346 e. The summed E-state index contributed by atoms with van der Waals surface area (Å²) in [5, 5.41) is 2.11. The minimum atomic E-state index is 0.105. The lowest BCUT2D eigenvalue weighted by atomic mass is 10.1. The van der Waals surface area contributed by atoms with Crippen molar-refractivity contribution in [1.29, 1.82) is 0 Å². The molecule has 4 rings (SSSR count). The van der Waals surface area contributed by atoms with Crippen molar-refractivity contribution >= 4 is 17.2 Å². The Kier molecular flexibility index (Phi) is 3.73. The van der Waals surface area contributed by atoms with Crippen LogP contribution in [0.15, 0.2) is 35.7 Å². The van der Waals surface area contributed by atoms with Crippen LogP contribution in [0.25, 0.3) is 11.3 Å². The van der Waals surface area contributed by atoms with E-state index in [-0.39, 0.29) is 5.91 Å². The number of imidazole rings is 1. The standard InChI is InChI=1S/C19H19N3OS/c1-12-18(21-13(2)20-12)14-3-5-15(6-4-14)19(23)22-9-7-17-16(11-22)8-10-24-17/h3-6,8,10H,7,9,11H2,1-2H3,(H,20,21). The van der Waals surface area contributed by atoms with Crippen LogP contribution in [-0.2, 0) is 13.0 Å². The molecule has 0 bridgehead atoms. The predicted molar refractivity (Wildman–Crippen MR) is 96.3 cm³/mol. The molecule has 0 saturated carbocycles. The summed E-state index contributed by atoms with van der Waals surface area (Å²) in [6.07, 6.45) is 0.961. The molecule has 1 N–H and O–H groups in total. The van der Waals surface area contributed by atoms with Crippen molar-refractivity contribution in [2.45, 2.75) is 26.8 Å². The maximum Gasteiger partial charge on any atom is 0.254 e. The van der Waals surface area contributed by atoms with Gasteiger partial charge in [-0.25, -0.2) is 4.98 Å². The summed E-state index contributed by atoms with van der Waals surface area (Å²) in [4.78, 5) is 23.8. The van der Waals surface area contributed by atoms with E-state index in [4.69, 9.17) is 0 Å². The molecule has 3 aromatic rings. The largest absolute Gasteiger partial charge is 0.346 e. The van der Waals surface area contributed by atoms with E-state index < -0.39 is 0 Å². The van der Waals surface area contributed by atoms with E-state index in [1.165, 1.54) is 10.4 Å². The first-order valence-corrected chi connectivity index (χ1v) is 8.98. The predicted octanol–water partition coefficient (Wildman–Crippen LogP) is 3.95. The Morgan fingerprint density at radius 2 is 2.00 bits per heavy atom. The molecule has 1 amide bonds. The molecule has 0 unspecified atom stereocenters. The van der Waals surface area contributed by atoms with E-state index in [1.54, 1.807) is 11.3 Å². The van der Waals surface area contributed by atoms with Gasteiger partial charge in [-0.2, -0.15) is 0 Å². The number of nitrogens with zero attached hydrogens (tertiary/aromatic N) is 2. The number of hydrogen-bond donors (Lipinski definition) is 1. The molecule has 24 heavy (non-hydrogen) atoms. The van der Waals surface area contributed by atoms with Crippen molar-refractivity contribution in [3.05, 3.63) is 63.2 Å². The van der Waals surface area contributed by atoms with E-state index in [0.717, 1.165) is 47.8 Å². The Morgan fingerprint density at radius 3 is 2.71 bits per heavy atom. The van der Waals surface area contributed by atoms with Crippen LogP contribution in [0.1, 0.15) is 32.3 Å². The Balaban J connectivity index is 1.55. The van der Waals surface area contributed by atoms with Crippen LogP contribution < -0.4 is 0 Å². The number of rotatable bonds is 2. The molecule has 1 aliphatic heterocycles. The van der Waals surface area contributed by atoms with Gasteiger partial charge >= 0.3 is 0 Å². The average molecular weight is 337 g/mol. The van der Waals surface area contributed by atoms with Gasteiger partial charge in [0, 0.05) is 34.8 Å². The van der Waals surface area contributed by atoms with Gasteiger partial charge in [-0.05, 0) is 49.4 Å². The SMILES string of the molecule is Cc1nc(-c2ccc(C(=O)N3CCc4sccc4C3)cc2)c(C)[nH]1. The van der Waals surface area contributed by atoms with E-state index in [0.29, 0.717) is 0 Å². The highest BCUT2D eigenvalue weighted by atomic mass is 32.1. The average Bonchev–Trinajstić information content (AvgIpc) is 3.19. The molecule has 0 aliphatic carbocycles. The Morgan fingerprint density at radius 1 is 1.21 bits per heavy atom. The highest BCUT2D eigenvalue weighted by Crippen LogP contribution is 2.26. The third kappa shape index (κ3) is 2.65. The zero-order valence-electron chi connectivity index (χ0n) is 13.8. The van der Waals surface area contributed by atoms with Crippen molar-refractivity contribution in [1.82, 2.24) is 14.9 Å². The normalized spacial score (nSPS) is 13.8. The minimum absolute atomic E-state index is 0.105.